The summed E-state index contributed by atoms with van der Waals surface area (Å²) in [5.74, 6) is -0.861. The maximum Gasteiger partial charge on any atom is 0.399 e. The fraction of sp³-hybridized carbons (Fsp3) is 0.286. The lowest BCUT2D eigenvalue weighted by atomic mass is 10.1. The van der Waals surface area contributed by atoms with Crippen LogP contribution in [0.2, 0.25) is 0 Å². The van der Waals surface area contributed by atoms with E-state index in [0.29, 0.717) is 5.39 Å². The maximum atomic E-state index is 14.1. The van der Waals surface area contributed by atoms with Gasteiger partial charge in [0.25, 0.3) is 0 Å². The van der Waals surface area contributed by atoms with Gasteiger partial charge in [-0.25, -0.2) is 0 Å². The number of hydrogen-bond acceptors (Lipinski definition) is 3. The largest absolute Gasteiger partial charge is 0.399 e. The third-order valence-electron chi connectivity index (χ3n) is 3.49. The number of benzene rings is 1. The van der Waals surface area contributed by atoms with Gasteiger partial charge in [0.2, 0.25) is 11.8 Å². The van der Waals surface area contributed by atoms with Crippen LogP contribution in [0.3, 0.4) is 0 Å². The summed E-state index contributed by atoms with van der Waals surface area (Å²) in [6.45, 7) is 0.944. The quantitative estimate of drug-likeness (QED) is 0.497. The number of halogens is 3. The van der Waals surface area contributed by atoms with Gasteiger partial charge in [0.05, 0.1) is 18.7 Å². The first-order valence-corrected chi connectivity index (χ1v) is 9.57. The van der Waals surface area contributed by atoms with Gasteiger partial charge in [-0.3, -0.25) is 14.2 Å². The lowest BCUT2D eigenvalue weighted by Gasteiger charge is -2.20. The maximum absolute atomic E-state index is 14.1. The molecule has 0 unspecified atom stereocenters. The van der Waals surface area contributed by atoms with Crippen molar-refractivity contribution in [2.45, 2.75) is 19.3 Å². The first kappa shape index (κ1) is 20.5. The lowest BCUT2D eigenvalue weighted by molar-refractivity contribution is -0.125. The number of fused-ring (bicyclic) bond motifs is 1. The van der Waals surface area contributed by atoms with Gasteiger partial charge in [0.1, 0.15) is 0 Å². The Bertz CT molecular complexity index is 911. The van der Waals surface area contributed by atoms with Crippen molar-refractivity contribution in [3.63, 3.8) is 0 Å². The van der Waals surface area contributed by atoms with Crippen LogP contribution in [0.25, 0.3) is 10.9 Å². The highest BCUT2D eigenvalue weighted by Gasteiger charge is 2.51. The molecule has 0 fully saturated rings. The fourth-order valence-electron chi connectivity index (χ4n) is 2.18. The molecule has 12 heteroatoms. The summed E-state index contributed by atoms with van der Waals surface area (Å²) in [5.41, 5.74) is -4.98. The predicted octanol–water partition coefficient (Wildman–Crippen LogP) is 1.84. The van der Waals surface area contributed by atoms with Crippen molar-refractivity contribution in [2.24, 2.45) is 0 Å². The Hall–Kier alpha value is -1.81. The van der Waals surface area contributed by atoms with Crippen molar-refractivity contribution in [1.29, 1.82) is 0 Å². The Morgan fingerprint density at radius 3 is 2.54 bits per heavy atom. The van der Waals surface area contributed by atoms with Crippen molar-refractivity contribution >= 4 is 46.2 Å². The van der Waals surface area contributed by atoms with Crippen LogP contribution < -0.4 is 10.6 Å². The van der Waals surface area contributed by atoms with E-state index in [1.54, 1.807) is 6.07 Å². The monoisotopic (exact) mass is 453 g/mol. The van der Waals surface area contributed by atoms with Gasteiger partial charge >= 0.3 is 13.3 Å². The fourth-order valence-corrected chi connectivity index (χ4v) is 3.44. The molecular formula is C14H15BrF2N3O5P. The molecule has 0 spiro atoms. The van der Waals surface area contributed by atoms with Crippen molar-refractivity contribution < 1.29 is 32.7 Å². The summed E-state index contributed by atoms with van der Waals surface area (Å²) in [4.78, 5) is 40.3. The van der Waals surface area contributed by atoms with E-state index in [9.17, 15) is 22.9 Å². The topological polar surface area (TPSA) is 121 Å². The SMILES string of the molecule is CC(=O)NCC(=O)NCn1ccc2cc(Br)c(C(F)(F)P(=O)(O)O)cc21. The minimum Gasteiger partial charge on any atom is -0.347 e. The van der Waals surface area contributed by atoms with Gasteiger partial charge in [-0.1, -0.05) is 15.9 Å². The molecule has 0 atom stereocenters. The van der Waals surface area contributed by atoms with Crippen molar-refractivity contribution in [1.82, 2.24) is 15.2 Å². The van der Waals surface area contributed by atoms with Crippen LogP contribution in [0.5, 0.6) is 0 Å². The summed E-state index contributed by atoms with van der Waals surface area (Å²) in [5, 5.41) is 5.33. The molecule has 26 heavy (non-hydrogen) atoms. The summed E-state index contributed by atoms with van der Waals surface area (Å²) >= 11 is 2.91. The van der Waals surface area contributed by atoms with Gasteiger partial charge < -0.3 is 25.0 Å². The summed E-state index contributed by atoms with van der Waals surface area (Å²) < 4.78 is 40.5. The zero-order valence-electron chi connectivity index (χ0n) is 13.4. The normalized spacial score (nSPS) is 12.2. The van der Waals surface area contributed by atoms with E-state index in [1.165, 1.54) is 23.8 Å². The molecule has 1 aromatic carbocycles. The molecule has 2 aromatic rings. The Balaban J connectivity index is 2.31. The molecule has 0 aliphatic carbocycles. The van der Waals surface area contributed by atoms with E-state index in [-0.39, 0.29) is 29.1 Å². The van der Waals surface area contributed by atoms with Crippen LogP contribution in [0.1, 0.15) is 12.5 Å². The highest BCUT2D eigenvalue weighted by atomic mass is 79.9. The smallest absolute Gasteiger partial charge is 0.347 e. The van der Waals surface area contributed by atoms with Crippen LogP contribution in [0.15, 0.2) is 28.9 Å². The van der Waals surface area contributed by atoms with E-state index in [1.807, 2.05) is 0 Å². The average Bonchev–Trinajstić information content (AvgIpc) is 2.90. The van der Waals surface area contributed by atoms with Crippen LogP contribution in [-0.4, -0.2) is 32.7 Å². The van der Waals surface area contributed by atoms with Crippen molar-refractivity contribution in [2.75, 3.05) is 6.54 Å². The number of nitrogens with one attached hydrogen (secondary N) is 2. The minimum atomic E-state index is -5.72. The van der Waals surface area contributed by atoms with Crippen molar-refractivity contribution in [3.8, 4) is 0 Å². The van der Waals surface area contributed by atoms with E-state index in [2.05, 4.69) is 26.6 Å². The molecule has 2 amide bonds. The molecular weight excluding hydrogens is 439 g/mol. The molecule has 0 aliphatic heterocycles. The number of carbonyl (C=O) groups excluding carboxylic acids is 2. The van der Waals surface area contributed by atoms with Gasteiger partial charge in [-0.2, -0.15) is 8.78 Å². The second-order valence-corrected chi connectivity index (χ2v) is 7.93. The average molecular weight is 454 g/mol. The minimum absolute atomic E-state index is 0.0789. The number of rotatable bonds is 6. The van der Waals surface area contributed by atoms with Gasteiger partial charge in [-0.05, 0) is 18.2 Å². The molecule has 0 aliphatic rings. The van der Waals surface area contributed by atoms with Crippen LogP contribution in [-0.2, 0) is 26.5 Å². The Labute approximate surface area is 154 Å². The number of hydrogen-bond donors (Lipinski definition) is 4. The van der Waals surface area contributed by atoms with Crippen LogP contribution >= 0.6 is 23.5 Å². The summed E-state index contributed by atoms with van der Waals surface area (Å²) in [6.07, 6.45) is 1.52. The molecule has 1 aromatic heterocycles. The molecule has 8 nitrogen and oxygen atoms in total. The second kappa shape index (κ2) is 7.43. The Kier molecular flexibility index (Phi) is 5.86. The highest BCUT2D eigenvalue weighted by molar-refractivity contribution is 9.10. The molecule has 0 saturated carbocycles. The lowest BCUT2D eigenvalue weighted by Crippen LogP contribution is -2.36. The number of amides is 2. The zero-order chi connectivity index (χ0) is 19.7. The molecule has 0 bridgehead atoms. The number of alkyl halides is 2. The first-order chi connectivity index (χ1) is 11.9. The Morgan fingerprint density at radius 2 is 1.96 bits per heavy atom. The standard InChI is InChI=1S/C14H15BrF2N3O5P/c1-8(21)18-6-13(22)19-7-20-3-2-9-4-11(15)10(5-12(9)20)14(16,17)26(23,24)25/h2-5H,6-7H2,1H3,(H,18,21)(H,19,22)(H2,23,24,25). The molecule has 2 rings (SSSR count). The molecule has 142 valence electrons. The van der Waals surface area contributed by atoms with Gasteiger partial charge in [-0.15, -0.1) is 0 Å². The zero-order valence-corrected chi connectivity index (χ0v) is 15.9. The second-order valence-electron chi connectivity index (χ2n) is 5.43. The van der Waals surface area contributed by atoms with E-state index in [4.69, 9.17) is 9.79 Å². The number of aromatic nitrogens is 1. The molecule has 4 N–H and O–H groups in total. The summed E-state index contributed by atoms with van der Waals surface area (Å²) in [7, 11) is -5.72. The van der Waals surface area contributed by atoms with E-state index >= 15 is 0 Å². The number of nitrogens with zero attached hydrogens (tertiary/aromatic N) is 1. The van der Waals surface area contributed by atoms with Crippen LogP contribution in [0.4, 0.5) is 8.78 Å². The van der Waals surface area contributed by atoms with Gasteiger partial charge in [0, 0.05) is 28.5 Å². The predicted molar refractivity (Wildman–Crippen MR) is 92.4 cm³/mol. The first-order valence-electron chi connectivity index (χ1n) is 7.17. The molecule has 0 radical (unpaired) electrons. The third-order valence-corrected chi connectivity index (χ3v) is 5.12. The molecule has 0 saturated heterocycles. The third kappa shape index (κ3) is 4.29. The van der Waals surface area contributed by atoms with Crippen molar-refractivity contribution in [3.05, 3.63) is 34.4 Å². The molecule has 1 heterocycles. The van der Waals surface area contributed by atoms with E-state index in [0.717, 1.165) is 6.07 Å². The number of carbonyl (C=O) groups is 2. The highest BCUT2D eigenvalue weighted by Crippen LogP contribution is 2.60. The Morgan fingerprint density at radius 1 is 1.31 bits per heavy atom. The van der Waals surface area contributed by atoms with Crippen LogP contribution in [0, 0.1) is 0 Å². The van der Waals surface area contributed by atoms with Gasteiger partial charge in [0.15, 0.2) is 0 Å². The summed E-state index contributed by atoms with van der Waals surface area (Å²) in [6, 6.07) is 3.86. The van der Waals surface area contributed by atoms with E-state index < -0.39 is 24.7 Å².